The molecule has 0 bridgehead atoms. The number of hydrogen-bond donors (Lipinski definition) is 1. The maximum Gasteiger partial charge on any atom is 0.125 e. The monoisotopic (exact) mass is 299 g/mol. The molecule has 0 aliphatic rings. The van der Waals surface area contributed by atoms with Crippen molar-refractivity contribution in [3.63, 3.8) is 0 Å². The van der Waals surface area contributed by atoms with Crippen LogP contribution in [0.2, 0.25) is 0 Å². The van der Waals surface area contributed by atoms with Crippen molar-refractivity contribution in [3.8, 4) is 0 Å². The predicted octanol–water partition coefficient (Wildman–Crippen LogP) is 4.31. The van der Waals surface area contributed by atoms with E-state index in [2.05, 4.69) is 23.4 Å². The average Bonchev–Trinajstić information content (AvgIpc) is 2.52. The smallest absolute Gasteiger partial charge is 0.125 e. The molecule has 0 radical (unpaired) electrons. The van der Waals surface area contributed by atoms with Crippen LogP contribution in [0.1, 0.15) is 30.0 Å². The summed E-state index contributed by atoms with van der Waals surface area (Å²) in [6, 6.07) is 18.0. The quantitative estimate of drug-likeness (QED) is 0.758. The largest absolute Gasteiger partial charge is 0.237 e. The second-order valence-corrected chi connectivity index (χ2v) is 6.27. The zero-order chi connectivity index (χ0) is 15.1. The van der Waals surface area contributed by atoms with E-state index in [9.17, 15) is 4.21 Å². The van der Waals surface area contributed by atoms with Crippen molar-refractivity contribution in [1.82, 2.24) is 4.72 Å². The van der Waals surface area contributed by atoms with E-state index in [1.807, 2.05) is 55.5 Å². The van der Waals surface area contributed by atoms with Crippen molar-refractivity contribution in [2.45, 2.75) is 30.7 Å². The van der Waals surface area contributed by atoms with E-state index >= 15 is 0 Å². The maximum atomic E-state index is 12.5. The summed E-state index contributed by atoms with van der Waals surface area (Å²) in [7, 11) is -1.21. The standard InChI is InChI=1S/C18H21NOS/c1-3-4-10-18(16-8-6-5-7-9-16)19-21(20)17-13-11-15(2)12-14-17/h3,5-9,11-14,18-19H,1,4,10H2,2H3/t18-,21?/m1/s1. The molecule has 1 unspecified atom stereocenters. The number of nitrogens with one attached hydrogen (secondary N) is 1. The maximum absolute atomic E-state index is 12.5. The first-order chi connectivity index (χ1) is 10.2. The van der Waals surface area contributed by atoms with E-state index in [4.69, 9.17) is 0 Å². The molecule has 1 N–H and O–H groups in total. The fourth-order valence-corrected chi connectivity index (χ4v) is 3.15. The van der Waals surface area contributed by atoms with Gasteiger partial charge in [-0.2, -0.15) is 0 Å². The summed E-state index contributed by atoms with van der Waals surface area (Å²) >= 11 is 0. The van der Waals surface area contributed by atoms with E-state index < -0.39 is 11.0 Å². The molecule has 0 aliphatic heterocycles. The lowest BCUT2D eigenvalue weighted by atomic mass is 10.0. The van der Waals surface area contributed by atoms with Crippen LogP contribution in [0, 0.1) is 6.92 Å². The summed E-state index contributed by atoms with van der Waals surface area (Å²) in [6.07, 6.45) is 3.66. The Morgan fingerprint density at radius 1 is 1.14 bits per heavy atom. The molecule has 0 heterocycles. The molecule has 2 nitrogen and oxygen atoms in total. The predicted molar refractivity (Wildman–Crippen MR) is 89.3 cm³/mol. The molecule has 0 saturated heterocycles. The Morgan fingerprint density at radius 3 is 2.43 bits per heavy atom. The van der Waals surface area contributed by atoms with Crippen LogP contribution >= 0.6 is 0 Å². The Bertz CT molecular complexity index is 592. The number of benzene rings is 2. The Hall–Kier alpha value is -1.71. The van der Waals surface area contributed by atoms with Crippen LogP contribution in [0.3, 0.4) is 0 Å². The van der Waals surface area contributed by atoms with E-state index in [0.717, 1.165) is 23.3 Å². The molecule has 0 fully saturated rings. The minimum Gasteiger partial charge on any atom is -0.237 e. The first kappa shape index (κ1) is 15.7. The summed E-state index contributed by atoms with van der Waals surface area (Å²) in [5.74, 6) is 0. The number of rotatable bonds is 7. The van der Waals surface area contributed by atoms with Crippen molar-refractivity contribution in [2.24, 2.45) is 0 Å². The van der Waals surface area contributed by atoms with Gasteiger partial charge in [-0.25, -0.2) is 8.93 Å². The zero-order valence-electron chi connectivity index (χ0n) is 12.3. The van der Waals surface area contributed by atoms with Crippen LogP contribution in [0.4, 0.5) is 0 Å². The van der Waals surface area contributed by atoms with Crippen LogP contribution in [0.5, 0.6) is 0 Å². The van der Waals surface area contributed by atoms with Gasteiger partial charge in [-0.1, -0.05) is 54.1 Å². The molecular weight excluding hydrogens is 278 g/mol. The first-order valence-electron chi connectivity index (χ1n) is 7.11. The topological polar surface area (TPSA) is 29.1 Å². The second kappa shape index (κ2) is 7.91. The molecule has 0 aliphatic carbocycles. The molecule has 2 atom stereocenters. The normalized spacial score (nSPS) is 13.6. The van der Waals surface area contributed by atoms with Gasteiger partial charge in [-0.15, -0.1) is 6.58 Å². The summed E-state index contributed by atoms with van der Waals surface area (Å²) in [6.45, 7) is 5.79. The van der Waals surface area contributed by atoms with Gasteiger partial charge in [-0.3, -0.25) is 0 Å². The molecule has 110 valence electrons. The molecular formula is C18H21NOS. The van der Waals surface area contributed by atoms with E-state index in [1.165, 1.54) is 5.56 Å². The Morgan fingerprint density at radius 2 is 1.81 bits per heavy atom. The van der Waals surface area contributed by atoms with Gasteiger partial charge in [0.1, 0.15) is 11.0 Å². The third kappa shape index (κ3) is 4.66. The van der Waals surface area contributed by atoms with Gasteiger partial charge in [0.25, 0.3) is 0 Å². The van der Waals surface area contributed by atoms with Crippen LogP contribution in [0.25, 0.3) is 0 Å². The molecule has 21 heavy (non-hydrogen) atoms. The van der Waals surface area contributed by atoms with Crippen LogP contribution < -0.4 is 4.72 Å². The Kier molecular flexibility index (Phi) is 5.90. The van der Waals surface area contributed by atoms with Gasteiger partial charge in [0.2, 0.25) is 0 Å². The summed E-state index contributed by atoms with van der Waals surface area (Å²) in [4.78, 5) is 0.806. The van der Waals surface area contributed by atoms with Gasteiger partial charge in [-0.05, 0) is 37.5 Å². The fraction of sp³-hybridized carbons (Fsp3) is 0.222. The minimum atomic E-state index is -1.21. The summed E-state index contributed by atoms with van der Waals surface area (Å²) < 4.78 is 15.7. The Balaban J connectivity index is 2.12. The zero-order valence-corrected chi connectivity index (χ0v) is 13.1. The van der Waals surface area contributed by atoms with Crippen molar-refractivity contribution in [2.75, 3.05) is 0 Å². The summed E-state index contributed by atoms with van der Waals surface area (Å²) in [5, 5.41) is 0. The average molecular weight is 299 g/mol. The van der Waals surface area contributed by atoms with Gasteiger partial charge in [0.15, 0.2) is 0 Å². The lowest BCUT2D eigenvalue weighted by Gasteiger charge is -2.18. The highest BCUT2D eigenvalue weighted by Gasteiger charge is 2.14. The molecule has 2 aromatic rings. The van der Waals surface area contributed by atoms with Crippen molar-refractivity contribution < 1.29 is 4.21 Å². The molecule has 0 saturated carbocycles. The molecule has 0 spiro atoms. The van der Waals surface area contributed by atoms with Gasteiger partial charge in [0.05, 0.1) is 4.90 Å². The molecule has 3 heteroatoms. The van der Waals surface area contributed by atoms with Crippen molar-refractivity contribution >= 4 is 11.0 Å². The highest BCUT2D eigenvalue weighted by atomic mass is 32.2. The minimum absolute atomic E-state index is 0.0614. The third-order valence-corrected chi connectivity index (χ3v) is 4.54. The number of allylic oxidation sites excluding steroid dienone is 1. The lowest BCUT2D eigenvalue weighted by molar-refractivity contribution is 0.594. The summed E-state index contributed by atoms with van der Waals surface area (Å²) in [5.41, 5.74) is 2.32. The van der Waals surface area contributed by atoms with Gasteiger partial charge >= 0.3 is 0 Å². The van der Waals surface area contributed by atoms with Crippen molar-refractivity contribution in [1.29, 1.82) is 0 Å². The van der Waals surface area contributed by atoms with Crippen molar-refractivity contribution in [3.05, 3.63) is 78.4 Å². The SMILES string of the molecule is C=CCC[C@@H](NS(=O)c1ccc(C)cc1)c1ccccc1. The number of hydrogen-bond acceptors (Lipinski definition) is 1. The number of aryl methyl sites for hydroxylation is 1. The Labute approximate surface area is 129 Å². The van der Waals surface area contributed by atoms with Crippen LogP contribution in [-0.4, -0.2) is 4.21 Å². The van der Waals surface area contributed by atoms with Gasteiger partial charge in [0, 0.05) is 6.04 Å². The van der Waals surface area contributed by atoms with Crippen LogP contribution in [-0.2, 0) is 11.0 Å². The molecule has 0 aromatic heterocycles. The third-order valence-electron chi connectivity index (χ3n) is 3.35. The molecule has 2 rings (SSSR count). The van der Waals surface area contributed by atoms with Crippen LogP contribution in [0.15, 0.2) is 72.1 Å². The van der Waals surface area contributed by atoms with E-state index in [1.54, 1.807) is 0 Å². The highest BCUT2D eigenvalue weighted by molar-refractivity contribution is 7.83. The first-order valence-corrected chi connectivity index (χ1v) is 8.26. The second-order valence-electron chi connectivity index (χ2n) is 5.03. The van der Waals surface area contributed by atoms with E-state index in [-0.39, 0.29) is 6.04 Å². The highest BCUT2D eigenvalue weighted by Crippen LogP contribution is 2.20. The van der Waals surface area contributed by atoms with E-state index in [0.29, 0.717) is 0 Å². The molecule has 2 aromatic carbocycles. The molecule has 0 amide bonds. The lowest BCUT2D eigenvalue weighted by Crippen LogP contribution is -2.23. The van der Waals surface area contributed by atoms with Gasteiger partial charge < -0.3 is 0 Å². The fourth-order valence-electron chi connectivity index (χ4n) is 2.12.